The van der Waals surface area contributed by atoms with Crippen molar-refractivity contribution in [1.29, 1.82) is 0 Å². The zero-order valence-corrected chi connectivity index (χ0v) is 10.6. The van der Waals surface area contributed by atoms with Crippen LogP contribution in [0.4, 0.5) is 0 Å². The summed E-state index contributed by atoms with van der Waals surface area (Å²) in [5.74, 6) is -0.930. The summed E-state index contributed by atoms with van der Waals surface area (Å²) in [7, 11) is 0. The molecule has 0 aliphatic rings. The van der Waals surface area contributed by atoms with Gasteiger partial charge in [-0.25, -0.2) is 4.79 Å². The lowest BCUT2D eigenvalue weighted by molar-refractivity contribution is -0.150. The van der Waals surface area contributed by atoms with E-state index in [9.17, 15) is 4.79 Å². The van der Waals surface area contributed by atoms with Crippen molar-refractivity contribution in [3.05, 3.63) is 34.9 Å². The molecule has 0 saturated heterocycles. The maximum Gasteiger partial charge on any atom is 0.333 e. The van der Waals surface area contributed by atoms with E-state index in [0.29, 0.717) is 18.1 Å². The number of aliphatic carboxylic acids is 1. The van der Waals surface area contributed by atoms with Gasteiger partial charge in [0.05, 0.1) is 0 Å². The molecule has 0 radical (unpaired) electrons. The van der Waals surface area contributed by atoms with Gasteiger partial charge in [0.2, 0.25) is 0 Å². The number of unbranched alkanes of at least 4 members (excludes halogenated alkanes) is 1. The molecule has 94 valence electrons. The molecule has 1 N–H and O–H groups in total. The Hall–Kier alpha value is -1.06. The number of carbonyl (C=O) groups is 1. The molecule has 0 heterocycles. The molecular weight excluding hydrogens is 240 g/mol. The second kappa shape index (κ2) is 7.30. The van der Waals surface area contributed by atoms with Crippen LogP contribution in [0.25, 0.3) is 0 Å². The zero-order chi connectivity index (χ0) is 12.7. The number of rotatable bonds is 7. The van der Waals surface area contributed by atoms with Crippen LogP contribution in [0.3, 0.4) is 0 Å². The zero-order valence-electron chi connectivity index (χ0n) is 9.86. The monoisotopic (exact) mass is 256 g/mol. The van der Waals surface area contributed by atoms with E-state index in [4.69, 9.17) is 21.4 Å². The van der Waals surface area contributed by atoms with E-state index >= 15 is 0 Å². The summed E-state index contributed by atoms with van der Waals surface area (Å²) in [6, 6.07) is 7.19. The SMILES string of the molecule is CCCCO[C@@H](Cc1cccc(Cl)c1)C(=O)O. The molecule has 1 aromatic carbocycles. The lowest BCUT2D eigenvalue weighted by Crippen LogP contribution is -2.26. The molecule has 0 amide bonds. The van der Waals surface area contributed by atoms with Crippen LogP contribution in [0.15, 0.2) is 24.3 Å². The Morgan fingerprint density at radius 2 is 2.29 bits per heavy atom. The minimum atomic E-state index is -0.930. The summed E-state index contributed by atoms with van der Waals surface area (Å²) >= 11 is 5.85. The first-order chi connectivity index (χ1) is 8.13. The van der Waals surface area contributed by atoms with Gasteiger partial charge in [-0.2, -0.15) is 0 Å². The van der Waals surface area contributed by atoms with Crippen LogP contribution in [-0.4, -0.2) is 23.8 Å². The molecule has 0 spiro atoms. The van der Waals surface area contributed by atoms with Crippen molar-refractivity contribution < 1.29 is 14.6 Å². The van der Waals surface area contributed by atoms with Gasteiger partial charge < -0.3 is 9.84 Å². The van der Waals surface area contributed by atoms with E-state index in [1.807, 2.05) is 19.1 Å². The standard InChI is InChI=1S/C13H17ClO3/c1-2-3-7-17-12(13(15)16)9-10-5-4-6-11(14)8-10/h4-6,8,12H,2-3,7,9H2,1H3,(H,15,16)/t12-/m0/s1. The second-order valence-electron chi connectivity index (χ2n) is 3.89. The number of hydrogen-bond donors (Lipinski definition) is 1. The Kier molecular flexibility index (Phi) is 6.01. The molecule has 1 rings (SSSR count). The Bertz CT molecular complexity index is 365. The molecule has 0 aromatic heterocycles. The van der Waals surface area contributed by atoms with E-state index in [0.717, 1.165) is 18.4 Å². The normalized spacial score (nSPS) is 12.4. The van der Waals surface area contributed by atoms with Crippen molar-refractivity contribution in [3.63, 3.8) is 0 Å². The summed E-state index contributed by atoms with van der Waals surface area (Å²) in [6.07, 6.45) is 1.42. The Morgan fingerprint density at radius 1 is 1.53 bits per heavy atom. The Balaban J connectivity index is 2.57. The maximum atomic E-state index is 11.0. The number of carboxylic acids is 1. The fourth-order valence-electron chi connectivity index (χ4n) is 1.47. The van der Waals surface area contributed by atoms with Crippen LogP contribution in [0.2, 0.25) is 5.02 Å². The number of ether oxygens (including phenoxy) is 1. The van der Waals surface area contributed by atoms with Gasteiger partial charge in [0, 0.05) is 18.1 Å². The molecule has 0 saturated carbocycles. The quantitative estimate of drug-likeness (QED) is 0.763. The minimum absolute atomic E-state index is 0.347. The molecular formula is C13H17ClO3. The van der Waals surface area contributed by atoms with Crippen LogP contribution < -0.4 is 0 Å². The predicted molar refractivity (Wildman–Crippen MR) is 67.4 cm³/mol. The van der Waals surface area contributed by atoms with Gasteiger partial charge in [-0.05, 0) is 24.1 Å². The first kappa shape index (κ1) is 14.0. The Morgan fingerprint density at radius 3 is 2.88 bits per heavy atom. The van der Waals surface area contributed by atoms with E-state index in [2.05, 4.69) is 0 Å². The molecule has 1 atom stereocenters. The molecule has 0 aliphatic heterocycles. The Labute approximate surface area is 106 Å². The van der Waals surface area contributed by atoms with Crippen LogP contribution >= 0.6 is 11.6 Å². The summed E-state index contributed by atoms with van der Waals surface area (Å²) in [4.78, 5) is 11.0. The van der Waals surface area contributed by atoms with Gasteiger partial charge in [0.25, 0.3) is 0 Å². The van der Waals surface area contributed by atoms with E-state index in [-0.39, 0.29) is 0 Å². The average molecular weight is 257 g/mol. The van der Waals surface area contributed by atoms with Crippen molar-refractivity contribution in [2.24, 2.45) is 0 Å². The molecule has 4 heteroatoms. The van der Waals surface area contributed by atoms with Gasteiger partial charge in [-0.3, -0.25) is 0 Å². The highest BCUT2D eigenvalue weighted by Crippen LogP contribution is 2.13. The minimum Gasteiger partial charge on any atom is -0.479 e. The first-order valence-corrected chi connectivity index (χ1v) is 6.10. The number of hydrogen-bond acceptors (Lipinski definition) is 2. The number of carboxylic acid groups (broad SMARTS) is 1. The number of halogens is 1. The summed E-state index contributed by atoms with van der Waals surface area (Å²) < 4.78 is 5.35. The molecule has 0 unspecified atom stereocenters. The van der Waals surface area contributed by atoms with Crippen LogP contribution in [-0.2, 0) is 16.0 Å². The van der Waals surface area contributed by atoms with Crippen LogP contribution in [0.1, 0.15) is 25.3 Å². The van der Waals surface area contributed by atoms with E-state index < -0.39 is 12.1 Å². The van der Waals surface area contributed by atoms with Crippen molar-refractivity contribution in [2.45, 2.75) is 32.3 Å². The van der Waals surface area contributed by atoms with E-state index in [1.54, 1.807) is 12.1 Å². The highest BCUT2D eigenvalue weighted by molar-refractivity contribution is 6.30. The van der Waals surface area contributed by atoms with Crippen molar-refractivity contribution in [2.75, 3.05) is 6.61 Å². The van der Waals surface area contributed by atoms with Gasteiger partial charge in [0.1, 0.15) is 0 Å². The summed E-state index contributed by atoms with van der Waals surface area (Å²) in [5, 5.41) is 9.66. The van der Waals surface area contributed by atoms with Crippen molar-refractivity contribution >= 4 is 17.6 Å². The van der Waals surface area contributed by atoms with Crippen LogP contribution in [0.5, 0.6) is 0 Å². The highest BCUT2D eigenvalue weighted by Gasteiger charge is 2.18. The smallest absolute Gasteiger partial charge is 0.333 e. The fourth-order valence-corrected chi connectivity index (χ4v) is 1.68. The molecule has 0 bridgehead atoms. The average Bonchev–Trinajstić information content (AvgIpc) is 2.28. The lowest BCUT2D eigenvalue weighted by atomic mass is 10.1. The third-order valence-corrected chi connectivity index (χ3v) is 2.64. The van der Waals surface area contributed by atoms with Gasteiger partial charge in [-0.1, -0.05) is 37.1 Å². The summed E-state index contributed by atoms with van der Waals surface area (Å²) in [5.41, 5.74) is 0.876. The van der Waals surface area contributed by atoms with Crippen molar-refractivity contribution in [3.8, 4) is 0 Å². The first-order valence-electron chi connectivity index (χ1n) is 5.72. The molecule has 0 aliphatic carbocycles. The lowest BCUT2D eigenvalue weighted by Gasteiger charge is -2.13. The summed E-state index contributed by atoms with van der Waals surface area (Å²) in [6.45, 7) is 2.52. The third kappa shape index (κ3) is 5.20. The van der Waals surface area contributed by atoms with Crippen molar-refractivity contribution in [1.82, 2.24) is 0 Å². The van der Waals surface area contributed by atoms with Gasteiger partial charge >= 0.3 is 5.97 Å². The number of benzene rings is 1. The third-order valence-electron chi connectivity index (χ3n) is 2.40. The maximum absolute atomic E-state index is 11.0. The second-order valence-corrected chi connectivity index (χ2v) is 4.32. The highest BCUT2D eigenvalue weighted by atomic mass is 35.5. The molecule has 1 aromatic rings. The van der Waals surface area contributed by atoms with Gasteiger partial charge in [0.15, 0.2) is 6.10 Å². The topological polar surface area (TPSA) is 46.5 Å². The molecule has 17 heavy (non-hydrogen) atoms. The van der Waals surface area contributed by atoms with E-state index in [1.165, 1.54) is 0 Å². The van der Waals surface area contributed by atoms with Gasteiger partial charge in [-0.15, -0.1) is 0 Å². The largest absolute Gasteiger partial charge is 0.479 e. The fraction of sp³-hybridized carbons (Fsp3) is 0.462. The molecule has 0 fully saturated rings. The van der Waals surface area contributed by atoms with Crippen LogP contribution in [0, 0.1) is 0 Å². The molecule has 3 nitrogen and oxygen atoms in total. The predicted octanol–water partition coefficient (Wildman–Crippen LogP) is 3.15.